The molecule has 0 spiro atoms. The van der Waals surface area contributed by atoms with Crippen molar-refractivity contribution in [3.05, 3.63) is 60.2 Å². The van der Waals surface area contributed by atoms with Crippen molar-refractivity contribution in [3.63, 3.8) is 0 Å². The number of amides is 1. The van der Waals surface area contributed by atoms with Gasteiger partial charge in [-0.15, -0.1) is 0 Å². The first kappa shape index (κ1) is 20.1. The molecular weight excluding hydrogens is 350 g/mol. The molecule has 2 aromatic carbocycles. The highest BCUT2D eigenvalue weighted by Crippen LogP contribution is 2.14. The fraction of sp³-hybridized carbons (Fsp3) is 0.316. The van der Waals surface area contributed by atoms with E-state index >= 15 is 0 Å². The summed E-state index contributed by atoms with van der Waals surface area (Å²) < 4.78 is 26.7. The molecule has 0 aliphatic carbocycles. The number of hydrogen-bond donors (Lipinski definition) is 2. The molecule has 7 heteroatoms. The summed E-state index contributed by atoms with van der Waals surface area (Å²) in [7, 11) is -1.65. The Morgan fingerprint density at radius 2 is 1.65 bits per heavy atom. The van der Waals surface area contributed by atoms with Gasteiger partial charge in [0.05, 0.1) is 11.4 Å². The minimum Gasteiger partial charge on any atom is -0.325 e. The topological polar surface area (TPSA) is 78.5 Å². The number of benzene rings is 2. The summed E-state index contributed by atoms with van der Waals surface area (Å²) in [6.07, 6.45) is 0. The number of likely N-dealkylation sites (N-methyl/N-ethyl adjacent to an activating group) is 1. The van der Waals surface area contributed by atoms with Gasteiger partial charge in [-0.2, -0.15) is 0 Å². The Labute approximate surface area is 155 Å². The minimum absolute atomic E-state index is 0.153. The third-order valence-corrected chi connectivity index (χ3v) is 5.22. The third-order valence-electron chi connectivity index (χ3n) is 3.55. The third kappa shape index (κ3) is 6.25. The molecule has 0 unspecified atom stereocenters. The molecule has 0 aliphatic rings. The normalized spacial score (nSPS) is 11.7. The van der Waals surface area contributed by atoms with Crippen LogP contribution in [0.2, 0.25) is 0 Å². The van der Waals surface area contributed by atoms with E-state index in [-0.39, 0.29) is 23.4 Å². The van der Waals surface area contributed by atoms with Gasteiger partial charge in [-0.05, 0) is 50.7 Å². The number of rotatable bonds is 8. The highest BCUT2D eigenvalue weighted by atomic mass is 32.2. The van der Waals surface area contributed by atoms with Gasteiger partial charge in [0, 0.05) is 18.3 Å². The first-order valence-corrected chi connectivity index (χ1v) is 9.89. The summed E-state index contributed by atoms with van der Waals surface area (Å²) in [5, 5.41) is 2.78. The average molecular weight is 375 g/mol. The van der Waals surface area contributed by atoms with E-state index in [0.29, 0.717) is 12.2 Å². The average Bonchev–Trinajstić information content (AvgIpc) is 2.54. The SMILES string of the molecule is CC(C)NS(=O)(=O)c1ccc(NC(=O)CN(C)Cc2ccccc2)cc1. The van der Waals surface area contributed by atoms with Gasteiger partial charge in [-0.3, -0.25) is 9.69 Å². The van der Waals surface area contributed by atoms with Crippen molar-refractivity contribution >= 4 is 21.6 Å². The predicted molar refractivity (Wildman–Crippen MR) is 103 cm³/mol. The van der Waals surface area contributed by atoms with Gasteiger partial charge < -0.3 is 5.32 Å². The van der Waals surface area contributed by atoms with Crippen LogP contribution in [-0.4, -0.2) is 38.9 Å². The molecule has 0 bridgehead atoms. The van der Waals surface area contributed by atoms with Gasteiger partial charge >= 0.3 is 0 Å². The lowest BCUT2D eigenvalue weighted by molar-refractivity contribution is -0.117. The Balaban J connectivity index is 1.91. The van der Waals surface area contributed by atoms with Crippen molar-refractivity contribution in [2.45, 2.75) is 31.3 Å². The molecule has 0 radical (unpaired) electrons. The number of carbonyl (C=O) groups is 1. The van der Waals surface area contributed by atoms with Crippen LogP contribution in [0.25, 0.3) is 0 Å². The number of hydrogen-bond acceptors (Lipinski definition) is 4. The van der Waals surface area contributed by atoms with Crippen LogP contribution >= 0.6 is 0 Å². The lowest BCUT2D eigenvalue weighted by atomic mass is 10.2. The Morgan fingerprint density at radius 3 is 2.23 bits per heavy atom. The largest absolute Gasteiger partial charge is 0.325 e. The van der Waals surface area contributed by atoms with Crippen LogP contribution in [0.15, 0.2) is 59.5 Å². The second kappa shape index (κ2) is 8.93. The number of anilines is 1. The van der Waals surface area contributed by atoms with Crippen LogP contribution in [0.1, 0.15) is 19.4 Å². The van der Waals surface area contributed by atoms with Gasteiger partial charge in [-0.25, -0.2) is 13.1 Å². The molecule has 2 aromatic rings. The maximum atomic E-state index is 12.2. The lowest BCUT2D eigenvalue weighted by Gasteiger charge is -2.16. The molecule has 2 rings (SSSR count). The Kier molecular flexibility index (Phi) is 6.90. The van der Waals surface area contributed by atoms with Gasteiger partial charge in [0.2, 0.25) is 15.9 Å². The van der Waals surface area contributed by atoms with Crippen molar-refractivity contribution in [2.24, 2.45) is 0 Å². The van der Waals surface area contributed by atoms with Crippen molar-refractivity contribution in [1.82, 2.24) is 9.62 Å². The van der Waals surface area contributed by atoms with Crippen LogP contribution < -0.4 is 10.0 Å². The number of nitrogens with one attached hydrogen (secondary N) is 2. The summed E-state index contributed by atoms with van der Waals surface area (Å²) >= 11 is 0. The van der Waals surface area contributed by atoms with Gasteiger partial charge in [0.1, 0.15) is 0 Å². The van der Waals surface area contributed by atoms with Crippen molar-refractivity contribution in [1.29, 1.82) is 0 Å². The summed E-state index contributed by atoms with van der Waals surface area (Å²) in [5.41, 5.74) is 1.70. The molecule has 0 saturated heterocycles. The highest BCUT2D eigenvalue weighted by molar-refractivity contribution is 7.89. The minimum atomic E-state index is -3.53. The zero-order chi connectivity index (χ0) is 19.2. The fourth-order valence-corrected chi connectivity index (χ4v) is 3.74. The molecule has 0 heterocycles. The van der Waals surface area contributed by atoms with Gasteiger partial charge in [0.25, 0.3) is 0 Å². The zero-order valence-electron chi connectivity index (χ0n) is 15.3. The Bertz CT molecular complexity index is 819. The van der Waals surface area contributed by atoms with Gasteiger partial charge in [0.15, 0.2) is 0 Å². The van der Waals surface area contributed by atoms with Crippen molar-refractivity contribution < 1.29 is 13.2 Å². The second-order valence-electron chi connectivity index (χ2n) is 6.51. The van der Waals surface area contributed by atoms with Crippen LogP contribution in [0.4, 0.5) is 5.69 Å². The molecule has 2 N–H and O–H groups in total. The van der Waals surface area contributed by atoms with Crippen molar-refractivity contribution in [2.75, 3.05) is 18.9 Å². The predicted octanol–water partition coefficient (Wildman–Crippen LogP) is 2.44. The molecule has 0 saturated carbocycles. The smallest absolute Gasteiger partial charge is 0.240 e. The standard InChI is InChI=1S/C19H25N3O3S/c1-15(2)21-26(24,25)18-11-9-17(10-12-18)20-19(23)14-22(3)13-16-7-5-4-6-8-16/h4-12,15,21H,13-14H2,1-3H3,(H,20,23). The molecule has 26 heavy (non-hydrogen) atoms. The lowest BCUT2D eigenvalue weighted by Crippen LogP contribution is -2.30. The van der Waals surface area contributed by atoms with Crippen LogP contribution in [-0.2, 0) is 21.4 Å². The summed E-state index contributed by atoms with van der Waals surface area (Å²) in [4.78, 5) is 14.2. The van der Waals surface area contributed by atoms with E-state index in [9.17, 15) is 13.2 Å². The maximum absolute atomic E-state index is 12.2. The number of sulfonamides is 1. The van der Waals surface area contributed by atoms with E-state index < -0.39 is 10.0 Å². The van der Waals surface area contributed by atoms with E-state index in [1.165, 1.54) is 12.1 Å². The van der Waals surface area contributed by atoms with E-state index in [0.717, 1.165) is 5.56 Å². The molecule has 1 amide bonds. The first-order valence-electron chi connectivity index (χ1n) is 8.41. The highest BCUT2D eigenvalue weighted by Gasteiger charge is 2.15. The summed E-state index contributed by atoms with van der Waals surface area (Å²) in [6.45, 7) is 4.44. The number of carbonyl (C=O) groups excluding carboxylic acids is 1. The fourth-order valence-electron chi connectivity index (χ4n) is 2.49. The quantitative estimate of drug-likeness (QED) is 0.743. The van der Waals surface area contributed by atoms with E-state index in [1.54, 1.807) is 26.0 Å². The van der Waals surface area contributed by atoms with Crippen LogP contribution in [0, 0.1) is 0 Å². The molecule has 0 aliphatic heterocycles. The molecule has 0 fully saturated rings. The van der Waals surface area contributed by atoms with E-state index in [1.807, 2.05) is 42.3 Å². The van der Waals surface area contributed by atoms with Crippen molar-refractivity contribution in [3.8, 4) is 0 Å². The molecular formula is C19H25N3O3S. The second-order valence-corrected chi connectivity index (χ2v) is 8.22. The molecule has 6 nitrogen and oxygen atoms in total. The molecule has 140 valence electrons. The molecule has 0 atom stereocenters. The zero-order valence-corrected chi connectivity index (χ0v) is 16.1. The number of nitrogens with zero attached hydrogens (tertiary/aromatic N) is 1. The van der Waals surface area contributed by atoms with E-state index in [2.05, 4.69) is 10.0 Å². The molecule has 0 aromatic heterocycles. The monoisotopic (exact) mass is 375 g/mol. The van der Waals surface area contributed by atoms with Crippen LogP contribution in [0.5, 0.6) is 0 Å². The first-order chi connectivity index (χ1) is 12.3. The van der Waals surface area contributed by atoms with Gasteiger partial charge in [-0.1, -0.05) is 30.3 Å². The maximum Gasteiger partial charge on any atom is 0.240 e. The Morgan fingerprint density at radius 1 is 1.04 bits per heavy atom. The van der Waals surface area contributed by atoms with E-state index in [4.69, 9.17) is 0 Å². The van der Waals surface area contributed by atoms with Crippen LogP contribution in [0.3, 0.4) is 0 Å². The summed E-state index contributed by atoms with van der Waals surface area (Å²) in [6, 6.07) is 15.9. The Hall–Kier alpha value is -2.22. The summed E-state index contributed by atoms with van der Waals surface area (Å²) in [5.74, 6) is -0.153.